The number of nitrogens with two attached hydrogens (primary N) is 1. The summed E-state index contributed by atoms with van der Waals surface area (Å²) >= 11 is 0. The summed E-state index contributed by atoms with van der Waals surface area (Å²) in [5, 5.41) is 29.4. The Bertz CT molecular complexity index is 2470. The molecule has 0 amide bonds. The van der Waals surface area contributed by atoms with Gasteiger partial charge in [0, 0.05) is 16.8 Å². The van der Waals surface area contributed by atoms with E-state index in [1.807, 2.05) is 0 Å². The van der Waals surface area contributed by atoms with Gasteiger partial charge in [-0.1, -0.05) is 24.3 Å². The molecule has 0 atom stereocenters. The topological polar surface area (TPSA) is 258 Å². The number of Topliss-reactive ketones (excluding diaryl/α,β-unsaturated/α-hetero) is 2. The second-order valence-corrected chi connectivity index (χ2v) is 13.5. The Morgan fingerprint density at radius 1 is 0.633 bits per heavy atom. The minimum atomic E-state index is -5.07. The molecule has 0 fully saturated rings. The van der Waals surface area contributed by atoms with E-state index < -0.39 is 41.5 Å². The zero-order valence-electron chi connectivity index (χ0n) is 24.7. The van der Waals surface area contributed by atoms with Gasteiger partial charge in [-0.15, -0.1) is 0 Å². The molecule has 15 nitrogen and oxygen atoms in total. The van der Waals surface area contributed by atoms with Crippen LogP contribution in [-0.2, 0) is 25.0 Å². The molecule has 4 aromatic carbocycles. The van der Waals surface area contributed by atoms with E-state index in [-0.39, 0.29) is 45.5 Å². The molecule has 0 aliphatic heterocycles. The monoisotopic (exact) mass is 701 g/mol. The van der Waals surface area contributed by atoms with E-state index in [1.165, 1.54) is 30.3 Å². The Labute approximate surface area is 277 Å². The highest BCUT2D eigenvalue weighted by Crippen LogP contribution is 2.35. The maximum absolute atomic E-state index is 13.0. The Morgan fingerprint density at radius 2 is 1.24 bits per heavy atom. The number of hydrogen-bond donors (Lipinski definition) is 7. The van der Waals surface area contributed by atoms with E-state index in [4.69, 9.17) is 5.73 Å². The first-order valence-corrected chi connectivity index (χ1v) is 16.8. The van der Waals surface area contributed by atoms with Crippen LogP contribution >= 0.6 is 0 Å². The van der Waals surface area contributed by atoms with Crippen molar-refractivity contribution < 1.29 is 45.7 Å². The van der Waals surface area contributed by atoms with Gasteiger partial charge in [-0.2, -0.15) is 27.0 Å². The maximum atomic E-state index is 13.0. The van der Waals surface area contributed by atoms with Crippen LogP contribution in [-0.4, -0.2) is 59.1 Å². The lowest BCUT2D eigenvalue weighted by Crippen LogP contribution is -2.27. The van der Waals surface area contributed by atoms with E-state index in [1.54, 1.807) is 36.4 Å². The van der Waals surface area contributed by atoms with Crippen molar-refractivity contribution >= 4 is 72.4 Å². The zero-order chi connectivity index (χ0) is 35.2. The number of nitrogen functional groups attached to an aromatic ring is 1. The van der Waals surface area contributed by atoms with Crippen molar-refractivity contribution in [3.05, 3.63) is 106 Å². The van der Waals surface area contributed by atoms with Crippen molar-refractivity contribution in [3.63, 3.8) is 0 Å². The Morgan fingerprint density at radius 3 is 1.84 bits per heavy atom. The molecule has 4 aromatic rings. The fraction of sp³-hybridized carbons (Fsp3) is 0. The smallest absolute Gasteiger partial charge is 0.298 e. The summed E-state index contributed by atoms with van der Waals surface area (Å²) in [4.78, 5) is 24.1. The molecule has 0 saturated carbocycles. The predicted molar refractivity (Wildman–Crippen MR) is 181 cm³/mol. The molecular formula is C32H23N5O10S2. The number of ketones is 2. The Kier molecular flexibility index (Phi) is 8.13. The number of allylic oxidation sites excluding steroid dienone is 2. The highest BCUT2D eigenvalue weighted by molar-refractivity contribution is 7.91. The quantitative estimate of drug-likeness (QED) is 0.0625. The molecule has 49 heavy (non-hydrogen) atoms. The third-order valence-corrected chi connectivity index (χ3v) is 9.18. The molecular weight excluding hydrogens is 679 g/mol. The second-order valence-electron chi connectivity index (χ2n) is 10.7. The standard InChI is InChI=1S/C32H23N5O10S2/c33-20-4-6-23-18(11-20)3-10-26(31(23)40)36-34-24-8-1-16(13-27(24)38)17-2-9-25(28(39)14-17)35-37-30-22-7-5-21(48(42,43)44)12-19(22)15-29(32(30)41)49(45,46)47/h1-15,34-35,38-39H,33H2,(H,42,43,44)(H,45,46,47)/b36-26-,37-30+. The number of hydrazone groups is 2. The second kappa shape index (κ2) is 12.1. The first kappa shape index (κ1) is 32.8. The number of carbonyl (C=O) groups excluding carboxylic acids is 2. The number of carbonyl (C=O) groups is 2. The summed E-state index contributed by atoms with van der Waals surface area (Å²) in [6, 6.07) is 16.6. The van der Waals surface area contributed by atoms with Gasteiger partial charge < -0.3 is 15.9 Å². The van der Waals surface area contributed by atoms with Crippen LogP contribution in [0.4, 0.5) is 17.1 Å². The van der Waals surface area contributed by atoms with Crippen LogP contribution in [0.1, 0.15) is 27.0 Å². The molecule has 0 unspecified atom stereocenters. The number of phenols is 2. The molecule has 6 rings (SSSR count). The molecule has 8 N–H and O–H groups in total. The predicted octanol–water partition coefficient (Wildman–Crippen LogP) is 3.90. The summed E-state index contributed by atoms with van der Waals surface area (Å²) < 4.78 is 65.9. The fourth-order valence-electron chi connectivity index (χ4n) is 5.03. The largest absolute Gasteiger partial charge is 0.506 e. The van der Waals surface area contributed by atoms with Crippen molar-refractivity contribution in [1.29, 1.82) is 0 Å². The SMILES string of the molecule is Nc1ccc2c(c1)C=C/C(=N/Nc1ccc(-c3ccc(N/N=C4/C(=O)C(S(=O)(=O)O)=Cc5cc(S(=O)(=O)O)ccc54)c(O)c3)cc1O)C2=O. The van der Waals surface area contributed by atoms with Gasteiger partial charge in [0.05, 0.1) is 16.3 Å². The molecule has 0 aromatic heterocycles. The van der Waals surface area contributed by atoms with Crippen LogP contribution in [0, 0.1) is 0 Å². The minimum Gasteiger partial charge on any atom is -0.506 e. The van der Waals surface area contributed by atoms with Gasteiger partial charge in [0.1, 0.15) is 27.8 Å². The first-order chi connectivity index (χ1) is 23.1. The Hall–Kier alpha value is -6.14. The maximum Gasteiger partial charge on any atom is 0.298 e. The number of nitrogens with one attached hydrogen (secondary N) is 2. The molecule has 0 spiro atoms. The van der Waals surface area contributed by atoms with Gasteiger partial charge in [0.15, 0.2) is 0 Å². The normalized spacial score (nSPS) is 15.9. The van der Waals surface area contributed by atoms with E-state index in [2.05, 4.69) is 21.1 Å². The summed E-state index contributed by atoms with van der Waals surface area (Å²) in [5.74, 6) is -2.12. The molecule has 2 aliphatic rings. The van der Waals surface area contributed by atoms with Crippen LogP contribution in [0.25, 0.3) is 23.3 Å². The van der Waals surface area contributed by atoms with Gasteiger partial charge in [0.25, 0.3) is 20.2 Å². The van der Waals surface area contributed by atoms with Crippen LogP contribution in [0.5, 0.6) is 11.5 Å². The first-order valence-electron chi connectivity index (χ1n) is 13.9. The summed E-state index contributed by atoms with van der Waals surface area (Å²) in [5.41, 5.74) is 13.0. The zero-order valence-corrected chi connectivity index (χ0v) is 26.3. The van der Waals surface area contributed by atoms with E-state index in [0.717, 1.165) is 24.3 Å². The van der Waals surface area contributed by atoms with Crippen molar-refractivity contribution in [2.24, 2.45) is 10.2 Å². The van der Waals surface area contributed by atoms with Gasteiger partial charge in [-0.05, 0) is 89.0 Å². The number of anilines is 3. The van der Waals surface area contributed by atoms with Gasteiger partial charge in [-0.25, -0.2) is 0 Å². The molecule has 0 heterocycles. The van der Waals surface area contributed by atoms with E-state index >= 15 is 0 Å². The van der Waals surface area contributed by atoms with Crippen LogP contribution in [0.15, 0.2) is 98.9 Å². The minimum absolute atomic E-state index is 0.0263. The van der Waals surface area contributed by atoms with Gasteiger partial charge in [0.2, 0.25) is 11.6 Å². The molecule has 248 valence electrons. The van der Waals surface area contributed by atoms with Gasteiger partial charge in [-0.3, -0.25) is 29.5 Å². The number of nitrogens with zero attached hydrogens (tertiary/aromatic N) is 2. The molecule has 17 heteroatoms. The summed E-state index contributed by atoms with van der Waals surface area (Å²) in [6.07, 6.45) is 3.98. The number of hydrogen-bond acceptors (Lipinski definition) is 13. The van der Waals surface area contributed by atoms with Crippen LogP contribution in [0.2, 0.25) is 0 Å². The third-order valence-electron chi connectivity index (χ3n) is 7.47. The van der Waals surface area contributed by atoms with Crippen molar-refractivity contribution in [1.82, 2.24) is 0 Å². The lowest BCUT2D eigenvalue weighted by atomic mass is 9.94. The van der Waals surface area contributed by atoms with Gasteiger partial charge >= 0.3 is 0 Å². The number of rotatable bonds is 7. The average Bonchev–Trinajstić information content (AvgIpc) is 3.03. The summed E-state index contributed by atoms with van der Waals surface area (Å²) in [7, 11) is -9.76. The number of aromatic hydroxyl groups is 2. The average molecular weight is 702 g/mol. The van der Waals surface area contributed by atoms with Crippen LogP contribution in [0.3, 0.4) is 0 Å². The van der Waals surface area contributed by atoms with E-state index in [0.29, 0.717) is 27.9 Å². The Balaban J connectivity index is 1.22. The van der Waals surface area contributed by atoms with E-state index in [9.17, 15) is 45.7 Å². The molecule has 0 bridgehead atoms. The number of phenolic OH excluding ortho intramolecular Hbond substituents is 2. The highest BCUT2D eigenvalue weighted by atomic mass is 32.2. The number of fused-ring (bicyclic) bond motifs is 2. The van der Waals surface area contributed by atoms with Crippen molar-refractivity contribution in [2.75, 3.05) is 16.6 Å². The molecule has 2 aliphatic carbocycles. The fourth-order valence-corrected chi connectivity index (χ4v) is 6.15. The van der Waals surface area contributed by atoms with Crippen LogP contribution < -0.4 is 16.6 Å². The van der Waals surface area contributed by atoms with Crippen molar-refractivity contribution in [3.8, 4) is 22.6 Å². The summed E-state index contributed by atoms with van der Waals surface area (Å²) in [6.45, 7) is 0. The van der Waals surface area contributed by atoms with Crippen molar-refractivity contribution in [2.45, 2.75) is 4.90 Å². The number of benzene rings is 4. The lowest BCUT2D eigenvalue weighted by molar-refractivity contribution is -0.109. The lowest BCUT2D eigenvalue weighted by Gasteiger charge is -2.17. The molecule has 0 radical (unpaired) electrons. The molecule has 0 saturated heterocycles. The third kappa shape index (κ3) is 6.54. The highest BCUT2D eigenvalue weighted by Gasteiger charge is 2.34.